The van der Waals surface area contributed by atoms with Crippen LogP contribution in [0.2, 0.25) is 0 Å². The maximum absolute atomic E-state index is 14.1. The summed E-state index contributed by atoms with van der Waals surface area (Å²) in [5.41, 5.74) is 0.650. The molecule has 0 bridgehead atoms. The highest BCUT2D eigenvalue weighted by atomic mass is 16.5. The van der Waals surface area contributed by atoms with Gasteiger partial charge in [-0.15, -0.1) is 0 Å². The average molecular weight is 652 g/mol. The van der Waals surface area contributed by atoms with E-state index < -0.39 is 16.7 Å². The zero-order valence-electron chi connectivity index (χ0n) is 31.2. The first-order chi connectivity index (χ1) is 21.9. The first-order valence-corrected chi connectivity index (χ1v) is 19.0. The molecule has 7 nitrogen and oxygen atoms in total. The second kappa shape index (κ2) is 12.0. The van der Waals surface area contributed by atoms with Gasteiger partial charge in [0.25, 0.3) is 0 Å². The number of rotatable bonds is 6. The second-order valence-electron chi connectivity index (χ2n) is 19.0. The lowest BCUT2D eigenvalue weighted by atomic mass is 9.33. The molecule has 0 radical (unpaired) electrons. The Balaban J connectivity index is 1.25. The number of methoxy groups -OCH3 is 1. The minimum Gasteiger partial charge on any atom is -0.469 e. The zero-order valence-corrected chi connectivity index (χ0v) is 31.2. The number of hydrogen-bond donors (Lipinski definition) is 1. The molecule has 5 fully saturated rings. The van der Waals surface area contributed by atoms with Gasteiger partial charge in [0.15, 0.2) is 5.78 Å². The Bertz CT molecular complexity index is 1300. The monoisotopic (exact) mass is 651 g/mol. The molecule has 1 N–H and O–H groups in total. The van der Waals surface area contributed by atoms with Gasteiger partial charge in [-0.25, -0.2) is 0 Å². The summed E-state index contributed by atoms with van der Waals surface area (Å²) in [7, 11) is 3.74. The Kier molecular flexibility index (Phi) is 8.93. The standard InChI is InChI=1S/C40H65N3O4/c1-35(2)15-17-40(34(46)47-9)18-16-38(6)28(29(40)26-35)11-12-31-37(5)25-27(32(44)36(3,4)30(37)13-14-39(31,38)7)33(45)41-19-10-20-43-23-21-42(8)22-24-43/h11,27,29-31H,10,12-26H2,1-9H3,(H,41,45)/t27?,29?,30?,31?,37-,38+,39+,40-/m0/s1. The highest BCUT2D eigenvalue weighted by molar-refractivity contribution is 6.04. The molecule has 5 aliphatic carbocycles. The predicted molar refractivity (Wildman–Crippen MR) is 186 cm³/mol. The minimum atomic E-state index is -0.590. The molecule has 0 aromatic rings. The molecule has 1 amide bonds. The molecule has 4 unspecified atom stereocenters. The number of amides is 1. The van der Waals surface area contributed by atoms with E-state index >= 15 is 0 Å². The number of allylic oxidation sites excluding steroid dienone is 2. The SMILES string of the molecule is COC(=O)[C@]12CCC(C)(C)CC1C1=CCC3[C@@]4(C)CC(C(=O)NCCCN5CCN(C)CC5)C(=O)C(C)(C)C4CC[C@@]3(C)[C@]1(C)CC2. The summed E-state index contributed by atoms with van der Waals surface area (Å²) in [4.78, 5) is 46.4. The van der Waals surface area contributed by atoms with Crippen LogP contribution in [-0.4, -0.2) is 80.9 Å². The fourth-order valence-electron chi connectivity index (χ4n) is 12.7. The number of esters is 1. The van der Waals surface area contributed by atoms with E-state index in [2.05, 4.69) is 76.7 Å². The molecule has 8 atom stereocenters. The van der Waals surface area contributed by atoms with Gasteiger partial charge in [-0.2, -0.15) is 0 Å². The van der Waals surface area contributed by atoms with Gasteiger partial charge in [0.05, 0.1) is 18.4 Å². The van der Waals surface area contributed by atoms with Crippen molar-refractivity contribution in [1.82, 2.24) is 15.1 Å². The number of fused-ring (bicyclic) bond motifs is 7. The van der Waals surface area contributed by atoms with Crippen molar-refractivity contribution in [2.45, 2.75) is 113 Å². The van der Waals surface area contributed by atoms with E-state index in [0.29, 0.717) is 18.9 Å². The van der Waals surface area contributed by atoms with E-state index in [1.165, 1.54) is 5.57 Å². The molecule has 0 spiro atoms. The molecule has 4 saturated carbocycles. The van der Waals surface area contributed by atoms with E-state index in [0.717, 1.165) is 90.5 Å². The van der Waals surface area contributed by atoms with Crippen molar-refractivity contribution in [1.29, 1.82) is 0 Å². The van der Waals surface area contributed by atoms with E-state index in [1.54, 1.807) is 7.11 Å². The molecule has 0 aromatic heterocycles. The maximum atomic E-state index is 14.1. The van der Waals surface area contributed by atoms with Crippen LogP contribution in [0.4, 0.5) is 0 Å². The van der Waals surface area contributed by atoms with Crippen molar-refractivity contribution >= 4 is 17.7 Å². The number of ketones is 1. The van der Waals surface area contributed by atoms with Crippen LogP contribution in [0, 0.1) is 56.2 Å². The molecule has 264 valence electrons. The Morgan fingerprint density at radius 2 is 1.60 bits per heavy atom. The molecular weight excluding hydrogens is 586 g/mol. The van der Waals surface area contributed by atoms with Crippen molar-refractivity contribution in [3.05, 3.63) is 11.6 Å². The van der Waals surface area contributed by atoms with Gasteiger partial charge in [0.1, 0.15) is 0 Å². The summed E-state index contributed by atoms with van der Waals surface area (Å²) in [6.45, 7) is 22.5. The fraction of sp³-hybridized carbons (Fsp3) is 0.875. The molecule has 47 heavy (non-hydrogen) atoms. The first kappa shape index (κ1) is 35.1. The van der Waals surface area contributed by atoms with Crippen LogP contribution >= 0.6 is 0 Å². The van der Waals surface area contributed by atoms with Gasteiger partial charge in [-0.1, -0.05) is 60.1 Å². The lowest BCUT2D eigenvalue weighted by molar-refractivity contribution is -0.196. The molecule has 1 aliphatic heterocycles. The summed E-state index contributed by atoms with van der Waals surface area (Å²) in [5.74, 6) is 0.340. The van der Waals surface area contributed by atoms with Crippen LogP contribution in [0.25, 0.3) is 0 Å². The maximum Gasteiger partial charge on any atom is 0.312 e. The number of ether oxygens (including phenoxy) is 1. The van der Waals surface area contributed by atoms with Gasteiger partial charge in [0, 0.05) is 38.1 Å². The average Bonchev–Trinajstić information content (AvgIpc) is 3.01. The summed E-state index contributed by atoms with van der Waals surface area (Å²) in [6.07, 6.45) is 12.1. The molecule has 1 heterocycles. The Morgan fingerprint density at radius 3 is 2.28 bits per heavy atom. The van der Waals surface area contributed by atoms with Crippen molar-refractivity contribution in [2.24, 2.45) is 56.2 Å². The summed E-state index contributed by atoms with van der Waals surface area (Å²) in [5, 5.41) is 3.22. The lowest BCUT2D eigenvalue weighted by Crippen LogP contribution is -2.66. The minimum absolute atomic E-state index is 0.00572. The third-order valence-electron chi connectivity index (χ3n) is 15.8. The number of nitrogens with zero attached hydrogens (tertiary/aromatic N) is 2. The van der Waals surface area contributed by atoms with Crippen LogP contribution in [0.5, 0.6) is 0 Å². The van der Waals surface area contributed by atoms with Gasteiger partial charge in [-0.05, 0) is 117 Å². The largest absolute Gasteiger partial charge is 0.469 e. The zero-order chi connectivity index (χ0) is 34.2. The highest BCUT2D eigenvalue weighted by Gasteiger charge is 2.70. The van der Waals surface area contributed by atoms with Crippen LogP contribution in [0.3, 0.4) is 0 Å². The summed E-state index contributed by atoms with van der Waals surface area (Å²) < 4.78 is 5.55. The Labute approximate surface area is 285 Å². The summed E-state index contributed by atoms with van der Waals surface area (Å²) in [6, 6.07) is 0. The van der Waals surface area contributed by atoms with E-state index in [4.69, 9.17) is 4.74 Å². The third kappa shape index (κ3) is 5.38. The van der Waals surface area contributed by atoms with Crippen LogP contribution in [0.1, 0.15) is 113 Å². The quantitative estimate of drug-likeness (QED) is 0.153. The van der Waals surface area contributed by atoms with Crippen LogP contribution in [0.15, 0.2) is 11.6 Å². The van der Waals surface area contributed by atoms with E-state index in [1.807, 2.05) is 0 Å². The van der Waals surface area contributed by atoms with Gasteiger partial charge >= 0.3 is 5.97 Å². The number of likely N-dealkylation sites (N-methyl/N-ethyl adjacent to an activating group) is 1. The molecule has 6 aliphatic rings. The number of hydrogen-bond acceptors (Lipinski definition) is 6. The number of carbonyl (C=O) groups excluding carboxylic acids is 3. The molecule has 6 rings (SSSR count). The summed E-state index contributed by atoms with van der Waals surface area (Å²) >= 11 is 0. The number of nitrogens with one attached hydrogen (secondary N) is 1. The topological polar surface area (TPSA) is 79.0 Å². The van der Waals surface area contributed by atoms with Crippen molar-refractivity contribution in [2.75, 3.05) is 53.4 Å². The Morgan fingerprint density at radius 1 is 0.915 bits per heavy atom. The van der Waals surface area contributed by atoms with Gasteiger partial charge in [0.2, 0.25) is 5.91 Å². The van der Waals surface area contributed by atoms with Crippen LogP contribution in [-0.2, 0) is 19.1 Å². The van der Waals surface area contributed by atoms with E-state index in [9.17, 15) is 14.4 Å². The van der Waals surface area contributed by atoms with Crippen molar-refractivity contribution < 1.29 is 19.1 Å². The number of piperazine rings is 1. The van der Waals surface area contributed by atoms with Gasteiger partial charge < -0.3 is 19.9 Å². The van der Waals surface area contributed by atoms with Crippen molar-refractivity contribution in [3.8, 4) is 0 Å². The smallest absolute Gasteiger partial charge is 0.312 e. The van der Waals surface area contributed by atoms with E-state index in [-0.39, 0.29) is 51.2 Å². The van der Waals surface area contributed by atoms with Crippen LogP contribution < -0.4 is 5.32 Å². The normalized spacial score (nSPS) is 43.0. The van der Waals surface area contributed by atoms with Crippen molar-refractivity contribution in [3.63, 3.8) is 0 Å². The first-order valence-electron chi connectivity index (χ1n) is 19.0. The second-order valence-corrected chi connectivity index (χ2v) is 19.0. The number of Topliss-reactive ketones (excluding diaryl/α,β-unsaturated/α-hetero) is 1. The Hall–Kier alpha value is -1.73. The van der Waals surface area contributed by atoms with Gasteiger partial charge in [-0.3, -0.25) is 14.4 Å². The molecule has 7 heteroatoms. The molecule has 0 aromatic carbocycles. The molecular formula is C40H65N3O4. The predicted octanol–water partition coefficient (Wildman–Crippen LogP) is 6.51. The molecule has 1 saturated heterocycles. The number of carbonyl (C=O) groups is 3. The highest BCUT2D eigenvalue weighted by Crippen LogP contribution is 2.75. The lowest BCUT2D eigenvalue weighted by Gasteiger charge is -2.71. The fourth-order valence-corrected chi connectivity index (χ4v) is 12.7. The third-order valence-corrected chi connectivity index (χ3v) is 15.8.